The first kappa shape index (κ1) is 12.3. The first-order valence-electron chi connectivity index (χ1n) is 5.31. The Bertz CT molecular complexity index is 817. The van der Waals surface area contributed by atoms with E-state index in [1.54, 1.807) is 11.6 Å². The normalized spacial score (nSPS) is 10.8. The smallest absolute Gasteiger partial charge is 0.377 e. The van der Waals surface area contributed by atoms with Gasteiger partial charge in [-0.2, -0.15) is 9.67 Å². The number of hydrogen-bond donors (Lipinski definition) is 1. The van der Waals surface area contributed by atoms with Crippen LogP contribution in [0.25, 0.3) is 10.8 Å². The number of nitrogens with zero attached hydrogens (tertiary/aromatic N) is 5. The highest BCUT2D eigenvalue weighted by atomic mass is 32.1. The highest BCUT2D eigenvalue weighted by Gasteiger charge is 2.23. The summed E-state index contributed by atoms with van der Waals surface area (Å²) in [5.74, 6) is -1.94. The van der Waals surface area contributed by atoms with Crippen LogP contribution in [0.2, 0.25) is 0 Å². The molecule has 10 heteroatoms. The Labute approximate surface area is 115 Å². The second kappa shape index (κ2) is 4.42. The number of ether oxygens (including phenoxy) is 1. The van der Waals surface area contributed by atoms with Crippen molar-refractivity contribution in [1.82, 2.24) is 24.1 Å². The van der Waals surface area contributed by atoms with Gasteiger partial charge >= 0.3 is 11.9 Å². The number of thiazole rings is 1. The third-order valence-corrected chi connectivity index (χ3v) is 3.28. The Morgan fingerprint density at radius 3 is 2.95 bits per heavy atom. The number of imidazole rings is 1. The van der Waals surface area contributed by atoms with E-state index in [9.17, 15) is 14.7 Å². The molecule has 3 rings (SSSR count). The van der Waals surface area contributed by atoms with E-state index in [0.29, 0.717) is 4.96 Å². The minimum absolute atomic E-state index is 0.0532. The van der Waals surface area contributed by atoms with Gasteiger partial charge in [0.1, 0.15) is 6.33 Å². The lowest BCUT2D eigenvalue weighted by Crippen LogP contribution is -2.09. The van der Waals surface area contributed by atoms with Gasteiger partial charge in [-0.15, -0.1) is 16.4 Å². The van der Waals surface area contributed by atoms with Crippen molar-refractivity contribution in [3.63, 3.8) is 0 Å². The molecule has 0 amide bonds. The van der Waals surface area contributed by atoms with Crippen LogP contribution in [0.1, 0.15) is 21.1 Å². The van der Waals surface area contributed by atoms with Crippen molar-refractivity contribution in [3.8, 4) is 5.82 Å². The minimum atomic E-state index is -1.15. The van der Waals surface area contributed by atoms with Crippen LogP contribution in [-0.4, -0.2) is 48.3 Å². The molecule has 0 saturated heterocycles. The van der Waals surface area contributed by atoms with Gasteiger partial charge in [-0.1, -0.05) is 0 Å². The standard InChI is InChI=1S/C10H7N5O4S/c1-19-9(18)6-11-4-15(13-6)7-5(8(16)17)14-2-3-20-10(14)12-7/h2-4H,1H3,(H,16,17). The summed E-state index contributed by atoms with van der Waals surface area (Å²) in [6, 6.07) is 0. The first-order chi connectivity index (χ1) is 9.61. The lowest BCUT2D eigenvalue weighted by atomic mass is 10.4. The Morgan fingerprint density at radius 2 is 2.25 bits per heavy atom. The zero-order valence-corrected chi connectivity index (χ0v) is 10.9. The van der Waals surface area contributed by atoms with Gasteiger partial charge < -0.3 is 9.84 Å². The topological polar surface area (TPSA) is 112 Å². The molecule has 3 aromatic heterocycles. The van der Waals surface area contributed by atoms with Crippen molar-refractivity contribution < 1.29 is 19.4 Å². The molecule has 9 nitrogen and oxygen atoms in total. The highest BCUT2D eigenvalue weighted by Crippen LogP contribution is 2.20. The fourth-order valence-corrected chi connectivity index (χ4v) is 2.39. The third-order valence-electron chi connectivity index (χ3n) is 2.52. The molecule has 0 spiro atoms. The number of aromatic nitrogens is 5. The maximum Gasteiger partial charge on any atom is 0.377 e. The number of carbonyl (C=O) groups is 2. The maximum atomic E-state index is 11.4. The number of hydrogen-bond acceptors (Lipinski definition) is 7. The van der Waals surface area contributed by atoms with E-state index in [2.05, 4.69) is 19.8 Å². The number of carboxylic acid groups (broad SMARTS) is 1. The van der Waals surface area contributed by atoms with Crippen LogP contribution < -0.4 is 0 Å². The van der Waals surface area contributed by atoms with Crippen molar-refractivity contribution in [3.05, 3.63) is 29.4 Å². The molecule has 0 aliphatic carbocycles. The van der Waals surface area contributed by atoms with Gasteiger partial charge in [0.25, 0.3) is 5.82 Å². The van der Waals surface area contributed by atoms with Crippen LogP contribution >= 0.6 is 11.3 Å². The van der Waals surface area contributed by atoms with Gasteiger partial charge in [-0.3, -0.25) is 4.40 Å². The number of carbonyl (C=O) groups excluding carboxylic acids is 1. The number of rotatable bonds is 3. The van der Waals surface area contributed by atoms with Crippen LogP contribution in [0.4, 0.5) is 0 Å². The summed E-state index contributed by atoms with van der Waals surface area (Å²) in [5, 5.41) is 14.9. The van der Waals surface area contributed by atoms with Crippen molar-refractivity contribution in [2.75, 3.05) is 7.11 Å². The van der Waals surface area contributed by atoms with Crippen LogP contribution in [0.3, 0.4) is 0 Å². The average Bonchev–Trinajstić information content (AvgIpc) is 3.10. The summed E-state index contributed by atoms with van der Waals surface area (Å²) in [6.07, 6.45) is 2.81. The predicted octanol–water partition coefficient (Wildman–Crippen LogP) is 0.461. The minimum Gasteiger partial charge on any atom is -0.476 e. The van der Waals surface area contributed by atoms with Crippen molar-refractivity contribution in [1.29, 1.82) is 0 Å². The van der Waals surface area contributed by atoms with Crippen molar-refractivity contribution >= 4 is 28.2 Å². The molecule has 0 saturated carbocycles. The SMILES string of the molecule is COC(=O)c1ncn(-c2nc3sccn3c2C(=O)O)n1. The number of fused-ring (bicyclic) bond motifs is 1. The molecular formula is C10H7N5O4S. The molecule has 0 aliphatic heterocycles. The Hall–Kier alpha value is -2.75. The van der Waals surface area contributed by atoms with E-state index in [1.165, 1.54) is 29.2 Å². The predicted molar refractivity (Wildman–Crippen MR) is 66.3 cm³/mol. The molecule has 0 bridgehead atoms. The molecule has 0 fully saturated rings. The largest absolute Gasteiger partial charge is 0.476 e. The first-order valence-corrected chi connectivity index (χ1v) is 6.19. The summed E-state index contributed by atoms with van der Waals surface area (Å²) in [4.78, 5) is 31.1. The van der Waals surface area contributed by atoms with Crippen LogP contribution in [0, 0.1) is 0 Å². The number of aromatic carboxylic acids is 1. The Kier molecular flexibility index (Phi) is 2.71. The van der Waals surface area contributed by atoms with E-state index in [4.69, 9.17) is 0 Å². The molecule has 102 valence electrons. The fraction of sp³-hybridized carbons (Fsp3) is 0.100. The fourth-order valence-electron chi connectivity index (χ4n) is 1.68. The zero-order valence-electron chi connectivity index (χ0n) is 10.0. The van der Waals surface area contributed by atoms with E-state index in [1.807, 2.05) is 0 Å². The van der Waals surface area contributed by atoms with Crippen LogP contribution in [0.15, 0.2) is 17.9 Å². The molecule has 0 aromatic carbocycles. The number of carboxylic acids is 1. The second-order valence-corrected chi connectivity index (χ2v) is 4.52. The molecule has 0 radical (unpaired) electrons. The Balaban J connectivity index is 2.16. The summed E-state index contributed by atoms with van der Waals surface area (Å²) in [5.41, 5.74) is -0.0532. The van der Waals surface area contributed by atoms with E-state index >= 15 is 0 Å². The molecule has 3 aromatic rings. The Morgan fingerprint density at radius 1 is 1.45 bits per heavy atom. The van der Waals surface area contributed by atoms with Crippen molar-refractivity contribution in [2.24, 2.45) is 0 Å². The monoisotopic (exact) mass is 293 g/mol. The maximum absolute atomic E-state index is 11.4. The lowest BCUT2D eigenvalue weighted by Gasteiger charge is -1.97. The summed E-state index contributed by atoms with van der Waals surface area (Å²) >= 11 is 1.29. The quantitative estimate of drug-likeness (QED) is 0.698. The van der Waals surface area contributed by atoms with E-state index < -0.39 is 11.9 Å². The van der Waals surface area contributed by atoms with E-state index in [-0.39, 0.29) is 17.3 Å². The summed E-state index contributed by atoms with van der Waals surface area (Å²) < 4.78 is 7.06. The second-order valence-electron chi connectivity index (χ2n) is 3.65. The van der Waals surface area contributed by atoms with E-state index in [0.717, 1.165) is 4.68 Å². The van der Waals surface area contributed by atoms with Crippen LogP contribution in [0.5, 0.6) is 0 Å². The van der Waals surface area contributed by atoms with Crippen LogP contribution in [-0.2, 0) is 4.74 Å². The number of esters is 1. The van der Waals surface area contributed by atoms with Gasteiger partial charge in [-0.25, -0.2) is 14.6 Å². The molecule has 0 unspecified atom stereocenters. The average molecular weight is 293 g/mol. The molecule has 3 heterocycles. The van der Waals surface area contributed by atoms with Gasteiger partial charge in [-0.05, 0) is 0 Å². The van der Waals surface area contributed by atoms with Gasteiger partial charge in [0.15, 0.2) is 16.5 Å². The van der Waals surface area contributed by atoms with Gasteiger partial charge in [0.05, 0.1) is 7.11 Å². The molecule has 1 N–H and O–H groups in total. The van der Waals surface area contributed by atoms with Gasteiger partial charge in [0, 0.05) is 11.6 Å². The number of methoxy groups -OCH3 is 1. The molecule has 0 aliphatic rings. The molecule has 0 atom stereocenters. The summed E-state index contributed by atoms with van der Waals surface area (Å²) in [7, 11) is 1.21. The molecule has 20 heavy (non-hydrogen) atoms. The molecular weight excluding hydrogens is 286 g/mol. The third kappa shape index (κ3) is 1.73. The highest BCUT2D eigenvalue weighted by molar-refractivity contribution is 7.15. The van der Waals surface area contributed by atoms with Gasteiger partial charge in [0.2, 0.25) is 0 Å². The zero-order chi connectivity index (χ0) is 14.3. The van der Waals surface area contributed by atoms with Crippen molar-refractivity contribution in [2.45, 2.75) is 0 Å². The lowest BCUT2D eigenvalue weighted by molar-refractivity contribution is 0.0586. The summed E-state index contributed by atoms with van der Waals surface area (Å²) in [6.45, 7) is 0.